The smallest absolute Gasteiger partial charge is 0.242 e. The second kappa shape index (κ2) is 7.32. The molecule has 3 rings (SSSR count). The number of aryl methyl sites for hydroxylation is 1. The molecule has 1 aliphatic rings. The molecule has 1 fully saturated rings. The second-order valence-electron chi connectivity index (χ2n) is 5.91. The van der Waals surface area contributed by atoms with Gasteiger partial charge in [-0.1, -0.05) is 0 Å². The van der Waals surface area contributed by atoms with Gasteiger partial charge in [-0.3, -0.25) is 19.4 Å². The van der Waals surface area contributed by atoms with Crippen LogP contribution in [0, 0.1) is 6.92 Å². The number of amides is 1. The molecule has 1 atom stereocenters. The number of nitrogens with one attached hydrogen (secondary N) is 2. The summed E-state index contributed by atoms with van der Waals surface area (Å²) in [4.78, 5) is 20.4. The van der Waals surface area contributed by atoms with E-state index in [-0.39, 0.29) is 12.5 Å². The fraction of sp³-hybridized carbons (Fsp3) is 0.500. The predicted molar refractivity (Wildman–Crippen MR) is 85.7 cm³/mol. The molecular formula is C16H22N6O. The van der Waals surface area contributed by atoms with E-state index in [0.717, 1.165) is 36.6 Å². The molecule has 3 heterocycles. The normalized spacial score (nSPS) is 17.9. The van der Waals surface area contributed by atoms with E-state index in [0.29, 0.717) is 12.5 Å². The maximum atomic E-state index is 12.0. The van der Waals surface area contributed by atoms with Gasteiger partial charge in [-0.25, -0.2) is 0 Å². The van der Waals surface area contributed by atoms with E-state index in [4.69, 9.17) is 0 Å². The SMILES string of the molecule is Cc1cnc(CNC(=O)Cn2ccc(C3CCCNC3)n2)cn1. The molecule has 7 nitrogen and oxygen atoms in total. The van der Waals surface area contributed by atoms with Crippen LogP contribution in [0.2, 0.25) is 0 Å². The summed E-state index contributed by atoms with van der Waals surface area (Å²) < 4.78 is 1.69. The number of nitrogens with zero attached hydrogens (tertiary/aromatic N) is 4. The van der Waals surface area contributed by atoms with Crippen LogP contribution in [0.1, 0.15) is 35.8 Å². The van der Waals surface area contributed by atoms with Crippen molar-refractivity contribution in [2.45, 2.75) is 38.8 Å². The summed E-state index contributed by atoms with van der Waals surface area (Å²) in [7, 11) is 0. The van der Waals surface area contributed by atoms with Gasteiger partial charge in [0, 0.05) is 24.9 Å². The molecule has 1 aliphatic heterocycles. The predicted octanol–water partition coefficient (Wildman–Crippen LogP) is 0.765. The molecule has 2 aromatic rings. The summed E-state index contributed by atoms with van der Waals surface area (Å²) in [6.45, 7) is 4.54. The number of hydrogen-bond donors (Lipinski definition) is 2. The topological polar surface area (TPSA) is 84.7 Å². The van der Waals surface area contributed by atoms with Gasteiger partial charge in [-0.15, -0.1) is 0 Å². The molecule has 2 aromatic heterocycles. The first-order valence-corrected chi connectivity index (χ1v) is 7.99. The van der Waals surface area contributed by atoms with Crippen molar-refractivity contribution in [2.24, 2.45) is 0 Å². The minimum atomic E-state index is -0.0798. The number of hydrogen-bond acceptors (Lipinski definition) is 5. The van der Waals surface area contributed by atoms with Crippen LogP contribution in [0.4, 0.5) is 0 Å². The summed E-state index contributed by atoms with van der Waals surface area (Å²) in [5.41, 5.74) is 2.68. The molecule has 0 bridgehead atoms. The molecule has 0 aromatic carbocycles. The van der Waals surface area contributed by atoms with Crippen LogP contribution in [0.25, 0.3) is 0 Å². The van der Waals surface area contributed by atoms with E-state index >= 15 is 0 Å². The molecule has 0 radical (unpaired) electrons. The van der Waals surface area contributed by atoms with Crippen molar-refractivity contribution in [3.05, 3.63) is 41.7 Å². The molecule has 122 valence electrons. The summed E-state index contributed by atoms with van der Waals surface area (Å²) in [5, 5.41) is 10.8. The van der Waals surface area contributed by atoms with E-state index in [2.05, 4.69) is 25.7 Å². The number of carbonyl (C=O) groups excluding carboxylic acids is 1. The molecule has 1 amide bonds. The number of piperidine rings is 1. The Labute approximate surface area is 135 Å². The van der Waals surface area contributed by atoms with Gasteiger partial charge in [0.15, 0.2) is 0 Å². The average molecular weight is 314 g/mol. The molecule has 0 saturated carbocycles. The largest absolute Gasteiger partial charge is 0.349 e. The van der Waals surface area contributed by atoms with Crippen LogP contribution < -0.4 is 10.6 Å². The van der Waals surface area contributed by atoms with Crippen LogP contribution in [0.15, 0.2) is 24.7 Å². The third kappa shape index (κ3) is 4.35. The maximum Gasteiger partial charge on any atom is 0.242 e. The first-order chi connectivity index (χ1) is 11.2. The Bertz CT molecular complexity index is 645. The summed E-state index contributed by atoms with van der Waals surface area (Å²) >= 11 is 0. The lowest BCUT2D eigenvalue weighted by atomic mass is 9.97. The fourth-order valence-corrected chi connectivity index (χ4v) is 2.69. The van der Waals surface area contributed by atoms with Gasteiger partial charge in [-0.2, -0.15) is 5.10 Å². The molecule has 0 aliphatic carbocycles. The standard InChI is InChI=1S/C16H22N6O/c1-12-7-19-14(9-18-12)10-20-16(23)11-22-6-4-15(21-22)13-3-2-5-17-8-13/h4,6-7,9,13,17H,2-3,5,8,10-11H2,1H3,(H,20,23). The number of carbonyl (C=O) groups is 1. The van der Waals surface area contributed by atoms with Crippen molar-refractivity contribution in [3.8, 4) is 0 Å². The van der Waals surface area contributed by atoms with Gasteiger partial charge in [0.2, 0.25) is 5.91 Å². The average Bonchev–Trinajstić information content (AvgIpc) is 3.04. The Kier molecular flexibility index (Phi) is 4.97. The van der Waals surface area contributed by atoms with Gasteiger partial charge in [-0.05, 0) is 32.4 Å². The fourth-order valence-electron chi connectivity index (χ4n) is 2.69. The zero-order valence-electron chi connectivity index (χ0n) is 13.3. The minimum Gasteiger partial charge on any atom is -0.349 e. The third-order valence-corrected chi connectivity index (χ3v) is 3.98. The van der Waals surface area contributed by atoms with E-state index in [1.165, 1.54) is 6.42 Å². The highest BCUT2D eigenvalue weighted by molar-refractivity contribution is 5.75. The number of rotatable bonds is 5. The van der Waals surface area contributed by atoms with Crippen molar-refractivity contribution in [3.63, 3.8) is 0 Å². The molecule has 7 heteroatoms. The van der Waals surface area contributed by atoms with Crippen molar-refractivity contribution in [1.29, 1.82) is 0 Å². The van der Waals surface area contributed by atoms with Crippen molar-refractivity contribution in [1.82, 2.24) is 30.4 Å². The van der Waals surface area contributed by atoms with Gasteiger partial charge in [0.1, 0.15) is 6.54 Å². The van der Waals surface area contributed by atoms with E-state index in [1.807, 2.05) is 19.2 Å². The summed E-state index contributed by atoms with van der Waals surface area (Å²) in [6, 6.07) is 2.01. The lowest BCUT2D eigenvalue weighted by molar-refractivity contribution is -0.122. The Balaban J connectivity index is 1.49. The Morgan fingerprint density at radius 1 is 1.43 bits per heavy atom. The zero-order chi connectivity index (χ0) is 16.1. The van der Waals surface area contributed by atoms with E-state index in [1.54, 1.807) is 17.1 Å². The molecule has 1 unspecified atom stereocenters. The summed E-state index contributed by atoms with van der Waals surface area (Å²) in [6.07, 6.45) is 7.57. The second-order valence-corrected chi connectivity index (χ2v) is 5.91. The first kappa shape index (κ1) is 15.6. The van der Waals surface area contributed by atoms with Crippen LogP contribution in [-0.4, -0.2) is 38.7 Å². The summed E-state index contributed by atoms with van der Waals surface area (Å²) in [5.74, 6) is 0.375. The third-order valence-electron chi connectivity index (χ3n) is 3.98. The van der Waals surface area contributed by atoms with Crippen molar-refractivity contribution < 1.29 is 4.79 Å². The maximum absolute atomic E-state index is 12.0. The Morgan fingerprint density at radius 2 is 2.35 bits per heavy atom. The van der Waals surface area contributed by atoms with Crippen LogP contribution in [-0.2, 0) is 17.9 Å². The van der Waals surface area contributed by atoms with Gasteiger partial charge in [0.25, 0.3) is 0 Å². The van der Waals surface area contributed by atoms with Gasteiger partial charge >= 0.3 is 0 Å². The zero-order valence-corrected chi connectivity index (χ0v) is 13.3. The Morgan fingerprint density at radius 3 is 3.09 bits per heavy atom. The molecule has 2 N–H and O–H groups in total. The highest BCUT2D eigenvalue weighted by Gasteiger charge is 2.17. The minimum absolute atomic E-state index is 0.0798. The highest BCUT2D eigenvalue weighted by atomic mass is 16.2. The van der Waals surface area contributed by atoms with Gasteiger partial charge in [0.05, 0.1) is 29.8 Å². The Hall–Kier alpha value is -2.28. The lowest BCUT2D eigenvalue weighted by Crippen LogP contribution is -2.29. The van der Waals surface area contributed by atoms with E-state index in [9.17, 15) is 4.79 Å². The first-order valence-electron chi connectivity index (χ1n) is 7.99. The van der Waals surface area contributed by atoms with Crippen LogP contribution in [0.3, 0.4) is 0 Å². The number of aromatic nitrogens is 4. The molecule has 23 heavy (non-hydrogen) atoms. The van der Waals surface area contributed by atoms with E-state index < -0.39 is 0 Å². The van der Waals surface area contributed by atoms with Crippen LogP contribution in [0.5, 0.6) is 0 Å². The highest BCUT2D eigenvalue weighted by Crippen LogP contribution is 2.21. The quantitative estimate of drug-likeness (QED) is 0.851. The molecular weight excluding hydrogens is 292 g/mol. The van der Waals surface area contributed by atoms with Crippen molar-refractivity contribution in [2.75, 3.05) is 13.1 Å². The lowest BCUT2D eigenvalue weighted by Gasteiger charge is -2.20. The van der Waals surface area contributed by atoms with Crippen LogP contribution >= 0.6 is 0 Å². The molecule has 1 saturated heterocycles. The van der Waals surface area contributed by atoms with Gasteiger partial charge < -0.3 is 10.6 Å². The monoisotopic (exact) mass is 314 g/mol. The van der Waals surface area contributed by atoms with Crippen molar-refractivity contribution >= 4 is 5.91 Å². The molecule has 0 spiro atoms.